The van der Waals surface area contributed by atoms with Gasteiger partial charge in [0.05, 0.1) is 6.54 Å². The highest BCUT2D eigenvalue weighted by molar-refractivity contribution is 7.09. The molecule has 0 aliphatic carbocycles. The van der Waals surface area contributed by atoms with Gasteiger partial charge in [0, 0.05) is 17.5 Å². The summed E-state index contributed by atoms with van der Waals surface area (Å²) in [6.07, 6.45) is 7.19. The molecule has 0 aromatic carbocycles. The van der Waals surface area contributed by atoms with Crippen molar-refractivity contribution < 1.29 is 0 Å². The van der Waals surface area contributed by atoms with Gasteiger partial charge in [-0.15, -0.1) is 11.3 Å². The summed E-state index contributed by atoms with van der Waals surface area (Å²) in [6, 6.07) is 5.00. The van der Waals surface area contributed by atoms with Crippen molar-refractivity contribution in [1.29, 1.82) is 0 Å². The average molecular weight is 262 g/mol. The molecule has 0 unspecified atom stereocenters. The lowest BCUT2D eigenvalue weighted by Gasteiger charge is -2.23. The smallest absolute Gasteiger partial charge is 0.137 e. The van der Waals surface area contributed by atoms with E-state index in [1.54, 1.807) is 6.33 Å². The Bertz CT molecular complexity index is 451. The molecule has 0 radical (unpaired) electrons. The highest BCUT2D eigenvalue weighted by Crippen LogP contribution is 2.20. The Hall–Kier alpha value is -1.20. The van der Waals surface area contributed by atoms with Crippen molar-refractivity contribution in [1.82, 2.24) is 19.7 Å². The first-order chi connectivity index (χ1) is 8.92. The third-order valence-corrected chi connectivity index (χ3v) is 4.53. The van der Waals surface area contributed by atoms with Crippen LogP contribution in [0.2, 0.25) is 0 Å². The molecule has 96 valence electrons. The maximum absolute atomic E-state index is 4.21. The molecule has 1 fully saturated rings. The Morgan fingerprint density at radius 2 is 2.44 bits per heavy atom. The molecule has 2 aromatic heterocycles. The Labute approximate surface area is 111 Å². The van der Waals surface area contributed by atoms with Gasteiger partial charge in [-0.05, 0) is 37.3 Å². The van der Waals surface area contributed by atoms with Gasteiger partial charge in [-0.2, -0.15) is 5.10 Å². The molecule has 1 aliphatic rings. The maximum atomic E-state index is 4.21. The largest absolute Gasteiger partial charge is 0.298 e. The number of hydrogen-bond acceptors (Lipinski definition) is 4. The molecule has 4 nitrogen and oxygen atoms in total. The van der Waals surface area contributed by atoms with Crippen LogP contribution in [0.1, 0.15) is 17.7 Å². The van der Waals surface area contributed by atoms with Crippen LogP contribution in [0.15, 0.2) is 30.2 Å². The topological polar surface area (TPSA) is 34.0 Å². The van der Waals surface area contributed by atoms with Gasteiger partial charge >= 0.3 is 0 Å². The quantitative estimate of drug-likeness (QED) is 0.827. The van der Waals surface area contributed by atoms with E-state index in [4.69, 9.17) is 0 Å². The molecule has 0 bridgehead atoms. The van der Waals surface area contributed by atoms with E-state index in [0.29, 0.717) is 6.04 Å². The van der Waals surface area contributed by atoms with Crippen LogP contribution in [0.5, 0.6) is 0 Å². The van der Waals surface area contributed by atoms with Crippen LogP contribution < -0.4 is 0 Å². The molecular weight excluding hydrogens is 244 g/mol. The van der Waals surface area contributed by atoms with Gasteiger partial charge in [-0.1, -0.05) is 6.07 Å². The number of rotatable bonds is 5. The normalized spacial score (nSPS) is 20.6. The standard InChI is InChI=1S/C13H18N4S/c1-3-12(9-17-11-14-10-15-17)16(6-1)7-5-13-4-2-8-18-13/h2,4,8,10-12H,1,3,5-7,9H2/t12-/m1/s1. The van der Waals surface area contributed by atoms with E-state index < -0.39 is 0 Å². The maximum Gasteiger partial charge on any atom is 0.137 e. The summed E-state index contributed by atoms with van der Waals surface area (Å²) in [4.78, 5) is 8.10. The Balaban J connectivity index is 1.54. The van der Waals surface area contributed by atoms with Gasteiger partial charge in [-0.3, -0.25) is 9.58 Å². The van der Waals surface area contributed by atoms with E-state index in [9.17, 15) is 0 Å². The summed E-state index contributed by atoms with van der Waals surface area (Å²) in [5, 5.41) is 6.36. The lowest BCUT2D eigenvalue weighted by Crippen LogP contribution is -2.34. The molecular formula is C13H18N4S. The van der Waals surface area contributed by atoms with Crippen molar-refractivity contribution in [3.05, 3.63) is 35.0 Å². The van der Waals surface area contributed by atoms with Crippen molar-refractivity contribution in [3.63, 3.8) is 0 Å². The van der Waals surface area contributed by atoms with Gasteiger partial charge in [0.2, 0.25) is 0 Å². The number of likely N-dealkylation sites (tertiary alicyclic amines) is 1. The fourth-order valence-corrected chi connectivity index (χ4v) is 3.35. The number of aromatic nitrogens is 3. The summed E-state index contributed by atoms with van der Waals surface area (Å²) in [5.41, 5.74) is 0. The molecule has 0 saturated carbocycles. The van der Waals surface area contributed by atoms with E-state index in [1.165, 1.54) is 37.2 Å². The first kappa shape index (κ1) is 11.9. The second-order valence-electron chi connectivity index (χ2n) is 4.78. The van der Waals surface area contributed by atoms with E-state index in [0.717, 1.165) is 6.54 Å². The van der Waals surface area contributed by atoms with Crippen molar-refractivity contribution in [2.75, 3.05) is 13.1 Å². The molecule has 0 amide bonds. The summed E-state index contributed by atoms with van der Waals surface area (Å²) in [6.45, 7) is 3.37. The molecule has 3 heterocycles. The van der Waals surface area contributed by atoms with Crippen molar-refractivity contribution in [2.45, 2.75) is 31.8 Å². The Morgan fingerprint density at radius 3 is 3.22 bits per heavy atom. The summed E-state index contributed by atoms with van der Waals surface area (Å²) in [5.74, 6) is 0. The lowest BCUT2D eigenvalue weighted by atomic mass is 10.2. The average Bonchev–Trinajstić information content (AvgIpc) is 3.10. The fraction of sp³-hybridized carbons (Fsp3) is 0.538. The van der Waals surface area contributed by atoms with Crippen LogP contribution in [0.25, 0.3) is 0 Å². The minimum Gasteiger partial charge on any atom is -0.298 e. The molecule has 18 heavy (non-hydrogen) atoms. The Kier molecular flexibility index (Phi) is 3.71. The van der Waals surface area contributed by atoms with E-state index in [-0.39, 0.29) is 0 Å². The van der Waals surface area contributed by atoms with Crippen molar-refractivity contribution in [2.24, 2.45) is 0 Å². The third kappa shape index (κ3) is 2.79. The molecule has 2 aromatic rings. The van der Waals surface area contributed by atoms with Crippen molar-refractivity contribution in [3.8, 4) is 0 Å². The highest BCUT2D eigenvalue weighted by atomic mass is 32.1. The Morgan fingerprint density at radius 1 is 1.44 bits per heavy atom. The minimum atomic E-state index is 0.631. The van der Waals surface area contributed by atoms with Crippen LogP contribution in [0.4, 0.5) is 0 Å². The van der Waals surface area contributed by atoms with Crippen LogP contribution in [0, 0.1) is 0 Å². The fourth-order valence-electron chi connectivity index (χ4n) is 2.65. The highest BCUT2D eigenvalue weighted by Gasteiger charge is 2.24. The van der Waals surface area contributed by atoms with Crippen molar-refractivity contribution >= 4 is 11.3 Å². The van der Waals surface area contributed by atoms with Gasteiger partial charge in [0.1, 0.15) is 12.7 Å². The second-order valence-corrected chi connectivity index (χ2v) is 5.81. The molecule has 1 aliphatic heterocycles. The van der Waals surface area contributed by atoms with Crippen LogP contribution >= 0.6 is 11.3 Å². The van der Waals surface area contributed by atoms with Gasteiger partial charge in [0.25, 0.3) is 0 Å². The van der Waals surface area contributed by atoms with E-state index >= 15 is 0 Å². The minimum absolute atomic E-state index is 0.631. The van der Waals surface area contributed by atoms with Crippen LogP contribution in [-0.4, -0.2) is 38.8 Å². The zero-order chi connectivity index (χ0) is 12.2. The molecule has 0 N–H and O–H groups in total. The van der Waals surface area contributed by atoms with Crippen LogP contribution in [-0.2, 0) is 13.0 Å². The SMILES string of the molecule is c1csc(CCN2CCC[C@@H]2Cn2cncn2)c1. The molecule has 1 atom stereocenters. The van der Waals surface area contributed by atoms with Crippen LogP contribution in [0.3, 0.4) is 0 Å². The summed E-state index contributed by atoms with van der Waals surface area (Å²) >= 11 is 1.86. The first-order valence-electron chi connectivity index (χ1n) is 6.50. The molecule has 5 heteroatoms. The van der Waals surface area contributed by atoms with Gasteiger partial charge in [-0.25, -0.2) is 4.98 Å². The first-order valence-corrected chi connectivity index (χ1v) is 7.38. The summed E-state index contributed by atoms with van der Waals surface area (Å²) < 4.78 is 1.95. The predicted octanol–water partition coefficient (Wildman–Crippen LogP) is 2.05. The zero-order valence-corrected chi connectivity index (χ0v) is 11.2. The third-order valence-electron chi connectivity index (χ3n) is 3.59. The molecule has 3 rings (SSSR count). The number of thiophene rings is 1. The molecule has 1 saturated heterocycles. The second kappa shape index (κ2) is 5.63. The lowest BCUT2D eigenvalue weighted by molar-refractivity contribution is 0.230. The van der Waals surface area contributed by atoms with Gasteiger partial charge in [0.15, 0.2) is 0 Å². The van der Waals surface area contributed by atoms with Gasteiger partial charge < -0.3 is 0 Å². The zero-order valence-electron chi connectivity index (χ0n) is 10.4. The summed E-state index contributed by atoms with van der Waals surface area (Å²) in [7, 11) is 0. The number of nitrogens with zero attached hydrogens (tertiary/aromatic N) is 4. The van der Waals surface area contributed by atoms with E-state index in [2.05, 4.69) is 32.5 Å². The molecule has 0 spiro atoms. The monoisotopic (exact) mass is 262 g/mol. The number of hydrogen-bond donors (Lipinski definition) is 0. The van der Waals surface area contributed by atoms with E-state index in [1.807, 2.05) is 22.3 Å². The predicted molar refractivity (Wildman–Crippen MR) is 72.6 cm³/mol.